The lowest BCUT2D eigenvalue weighted by Gasteiger charge is -2.14. The van der Waals surface area contributed by atoms with Gasteiger partial charge in [-0.3, -0.25) is 9.59 Å². The summed E-state index contributed by atoms with van der Waals surface area (Å²) >= 11 is 3.00. The number of thioether (sulfide) groups is 2. The van der Waals surface area contributed by atoms with Gasteiger partial charge >= 0.3 is 11.9 Å². The monoisotopic (exact) mass is 420 g/mol. The van der Waals surface area contributed by atoms with E-state index in [4.69, 9.17) is 9.47 Å². The van der Waals surface area contributed by atoms with E-state index in [0.717, 1.165) is 25.7 Å². The number of hydrogen-bond donors (Lipinski definition) is 0. The van der Waals surface area contributed by atoms with Gasteiger partial charge in [-0.1, -0.05) is 66.2 Å². The largest absolute Gasteiger partial charge is 0.465 e. The van der Waals surface area contributed by atoms with Crippen molar-refractivity contribution in [1.29, 1.82) is 0 Å². The number of hydrogen-bond acceptors (Lipinski definition) is 6. The summed E-state index contributed by atoms with van der Waals surface area (Å²) in [5, 5.41) is 0.699. The molecule has 0 aromatic carbocycles. The first-order valence-corrected chi connectivity index (χ1v) is 12.8. The average molecular weight is 421 g/mol. The summed E-state index contributed by atoms with van der Waals surface area (Å²) in [6.07, 6.45) is 9.09. The molecule has 0 amide bonds. The van der Waals surface area contributed by atoms with E-state index in [2.05, 4.69) is 27.7 Å². The van der Waals surface area contributed by atoms with Crippen LogP contribution in [0.15, 0.2) is 0 Å². The van der Waals surface area contributed by atoms with E-state index in [1.54, 1.807) is 0 Å². The molecule has 0 aliphatic carbocycles. The van der Waals surface area contributed by atoms with Gasteiger partial charge in [-0.05, 0) is 24.7 Å². The minimum Gasteiger partial charge on any atom is -0.465 e. The number of carbonyl (C=O) groups excluding carboxylic acids is 2. The standard InChI is InChI=1S/C21H40O4S2/c1-5-9-11-18(7-3)13-24-20(22)15-26-17-27-16-21(23)25-14-19(8-4)12-10-6-2/h18-19H,5-17H2,1-4H3/t18-,19-/m0/s1. The molecule has 0 spiro atoms. The minimum absolute atomic E-state index is 0.153. The van der Waals surface area contributed by atoms with Crippen molar-refractivity contribution in [2.75, 3.05) is 29.8 Å². The predicted octanol–water partition coefficient (Wildman–Crippen LogP) is 5.93. The predicted molar refractivity (Wildman–Crippen MR) is 118 cm³/mol. The van der Waals surface area contributed by atoms with E-state index in [9.17, 15) is 9.59 Å². The van der Waals surface area contributed by atoms with Gasteiger partial charge in [0.25, 0.3) is 0 Å². The van der Waals surface area contributed by atoms with Gasteiger partial charge in [0.05, 0.1) is 24.7 Å². The highest BCUT2D eigenvalue weighted by atomic mass is 32.2. The molecule has 4 nitrogen and oxygen atoms in total. The summed E-state index contributed by atoms with van der Waals surface area (Å²) in [7, 11) is 0. The zero-order valence-electron chi connectivity index (χ0n) is 17.8. The third-order valence-corrected chi connectivity index (χ3v) is 6.87. The topological polar surface area (TPSA) is 52.6 Å². The molecule has 0 saturated heterocycles. The first kappa shape index (κ1) is 26.6. The van der Waals surface area contributed by atoms with Crippen molar-refractivity contribution < 1.29 is 19.1 Å². The normalized spacial score (nSPS) is 13.2. The van der Waals surface area contributed by atoms with Crippen LogP contribution in [0.1, 0.15) is 79.1 Å². The van der Waals surface area contributed by atoms with E-state index in [-0.39, 0.29) is 11.9 Å². The maximum atomic E-state index is 11.8. The third-order valence-electron chi connectivity index (χ3n) is 4.65. The first-order valence-electron chi connectivity index (χ1n) is 10.5. The molecule has 0 aliphatic rings. The number of unbranched alkanes of at least 4 members (excludes halogenated alkanes) is 2. The smallest absolute Gasteiger partial charge is 0.315 e. The van der Waals surface area contributed by atoms with Crippen molar-refractivity contribution in [1.82, 2.24) is 0 Å². The van der Waals surface area contributed by atoms with Gasteiger partial charge in [0.2, 0.25) is 0 Å². The molecule has 0 N–H and O–H groups in total. The molecule has 0 radical (unpaired) electrons. The van der Waals surface area contributed by atoms with Gasteiger partial charge in [-0.15, -0.1) is 23.5 Å². The fraction of sp³-hybridized carbons (Fsp3) is 0.905. The van der Waals surface area contributed by atoms with E-state index in [1.807, 2.05) is 0 Å². The number of carbonyl (C=O) groups is 2. The zero-order valence-corrected chi connectivity index (χ0v) is 19.4. The lowest BCUT2D eigenvalue weighted by Crippen LogP contribution is -2.16. The van der Waals surface area contributed by atoms with E-state index < -0.39 is 0 Å². The highest BCUT2D eigenvalue weighted by Crippen LogP contribution is 2.16. The fourth-order valence-corrected chi connectivity index (χ4v) is 4.25. The SMILES string of the molecule is CCCC[C@H](CC)COC(=O)CSCSCC(=O)OC[C@@H](CC)CCCC. The summed E-state index contributed by atoms with van der Waals surface area (Å²) < 4.78 is 10.7. The quantitative estimate of drug-likeness (QED) is 0.156. The molecule has 0 fully saturated rings. The highest BCUT2D eigenvalue weighted by Gasteiger charge is 2.12. The van der Waals surface area contributed by atoms with E-state index >= 15 is 0 Å². The molecule has 27 heavy (non-hydrogen) atoms. The van der Waals surface area contributed by atoms with Crippen LogP contribution in [0.5, 0.6) is 0 Å². The Bertz CT molecular complexity index is 343. The van der Waals surface area contributed by atoms with Crippen LogP contribution >= 0.6 is 23.5 Å². The van der Waals surface area contributed by atoms with Crippen molar-refractivity contribution in [2.24, 2.45) is 11.8 Å². The van der Waals surface area contributed by atoms with Crippen molar-refractivity contribution in [3.8, 4) is 0 Å². The van der Waals surface area contributed by atoms with Crippen molar-refractivity contribution in [2.45, 2.75) is 79.1 Å². The molecule has 0 rings (SSSR count). The zero-order chi connectivity index (χ0) is 20.3. The van der Waals surface area contributed by atoms with Gasteiger partial charge in [-0.2, -0.15) is 0 Å². The molecule has 0 saturated carbocycles. The summed E-state index contributed by atoms with van der Waals surface area (Å²) in [6.45, 7) is 9.71. The maximum Gasteiger partial charge on any atom is 0.315 e. The molecule has 0 bridgehead atoms. The molecular formula is C21H40O4S2. The Morgan fingerprint density at radius 3 is 1.48 bits per heavy atom. The minimum atomic E-state index is -0.153. The average Bonchev–Trinajstić information content (AvgIpc) is 2.68. The summed E-state index contributed by atoms with van der Waals surface area (Å²) in [5.74, 6) is 1.35. The Balaban J connectivity index is 3.68. The molecule has 0 heterocycles. The van der Waals surface area contributed by atoms with Crippen LogP contribution in [0, 0.1) is 11.8 Å². The molecule has 0 aliphatic heterocycles. The second kappa shape index (κ2) is 19.0. The second-order valence-corrected chi connectivity index (χ2v) is 9.35. The lowest BCUT2D eigenvalue weighted by atomic mass is 10.0. The van der Waals surface area contributed by atoms with Crippen LogP contribution in [-0.2, 0) is 19.1 Å². The van der Waals surface area contributed by atoms with E-state index in [0.29, 0.717) is 41.6 Å². The molecular weight excluding hydrogens is 380 g/mol. The van der Waals surface area contributed by atoms with Gasteiger partial charge in [0, 0.05) is 5.08 Å². The maximum absolute atomic E-state index is 11.8. The lowest BCUT2D eigenvalue weighted by molar-refractivity contribution is -0.142. The summed E-state index contributed by atoms with van der Waals surface area (Å²) in [6, 6.07) is 0. The van der Waals surface area contributed by atoms with Crippen LogP contribution in [0.4, 0.5) is 0 Å². The van der Waals surface area contributed by atoms with Gasteiger partial charge in [0.1, 0.15) is 0 Å². The molecule has 160 valence electrons. The van der Waals surface area contributed by atoms with E-state index in [1.165, 1.54) is 49.2 Å². The molecule has 6 heteroatoms. The second-order valence-electron chi connectivity index (χ2n) is 7.01. The summed E-state index contributed by atoms with van der Waals surface area (Å²) in [5.41, 5.74) is 0. The van der Waals surface area contributed by atoms with Crippen molar-refractivity contribution >= 4 is 35.5 Å². The van der Waals surface area contributed by atoms with Crippen LogP contribution in [0.3, 0.4) is 0 Å². The molecule has 2 atom stereocenters. The van der Waals surface area contributed by atoms with Crippen LogP contribution < -0.4 is 0 Å². The number of rotatable bonds is 18. The van der Waals surface area contributed by atoms with Crippen molar-refractivity contribution in [3.05, 3.63) is 0 Å². The van der Waals surface area contributed by atoms with Gasteiger partial charge in [-0.25, -0.2) is 0 Å². The Hall–Kier alpha value is -0.360. The van der Waals surface area contributed by atoms with Gasteiger partial charge in [0.15, 0.2) is 0 Å². The van der Waals surface area contributed by atoms with Crippen LogP contribution in [-0.4, -0.2) is 41.7 Å². The highest BCUT2D eigenvalue weighted by molar-refractivity contribution is 8.16. The molecule has 0 aromatic heterocycles. The Labute approximate surface area is 175 Å². The van der Waals surface area contributed by atoms with Crippen molar-refractivity contribution in [3.63, 3.8) is 0 Å². The van der Waals surface area contributed by atoms with Crippen LogP contribution in [0.25, 0.3) is 0 Å². The Morgan fingerprint density at radius 1 is 0.741 bits per heavy atom. The Morgan fingerprint density at radius 2 is 1.15 bits per heavy atom. The third kappa shape index (κ3) is 16.3. The molecule has 0 aromatic rings. The number of ether oxygens (including phenoxy) is 2. The van der Waals surface area contributed by atoms with Crippen LogP contribution in [0.2, 0.25) is 0 Å². The summed E-state index contributed by atoms with van der Waals surface area (Å²) in [4.78, 5) is 23.6. The molecule has 0 unspecified atom stereocenters. The first-order chi connectivity index (χ1) is 13.1. The fourth-order valence-electron chi connectivity index (χ4n) is 2.61. The number of esters is 2. The van der Waals surface area contributed by atoms with Gasteiger partial charge < -0.3 is 9.47 Å². The Kier molecular flexibility index (Phi) is 18.7.